The lowest BCUT2D eigenvalue weighted by Gasteiger charge is -2.27. The predicted octanol–water partition coefficient (Wildman–Crippen LogP) is 4.49. The molecule has 1 unspecified atom stereocenters. The van der Waals surface area contributed by atoms with Gasteiger partial charge in [-0.25, -0.2) is 4.79 Å². The Hall–Kier alpha value is -3.60. The first-order valence-corrected chi connectivity index (χ1v) is 9.26. The molecule has 1 N–H and O–H groups in total. The molecular formula is C24H23NO4. The Morgan fingerprint density at radius 3 is 2.21 bits per heavy atom. The molecule has 3 rings (SSSR count). The second-order valence-corrected chi connectivity index (χ2v) is 6.74. The van der Waals surface area contributed by atoms with Gasteiger partial charge in [-0.3, -0.25) is 4.79 Å². The number of rotatable bonds is 8. The van der Waals surface area contributed by atoms with Gasteiger partial charge in [-0.2, -0.15) is 0 Å². The van der Waals surface area contributed by atoms with Crippen molar-refractivity contribution in [3.63, 3.8) is 0 Å². The van der Waals surface area contributed by atoms with Crippen LogP contribution in [0.5, 0.6) is 5.75 Å². The molecule has 0 aliphatic rings. The minimum absolute atomic E-state index is 0.354. The highest BCUT2D eigenvalue weighted by Crippen LogP contribution is 2.24. The van der Waals surface area contributed by atoms with E-state index in [4.69, 9.17) is 9.47 Å². The van der Waals surface area contributed by atoms with Crippen molar-refractivity contribution in [1.29, 1.82) is 0 Å². The van der Waals surface area contributed by atoms with E-state index < -0.39 is 17.3 Å². The van der Waals surface area contributed by atoms with Crippen LogP contribution in [0, 0.1) is 0 Å². The van der Waals surface area contributed by atoms with E-state index in [2.05, 4.69) is 5.32 Å². The van der Waals surface area contributed by atoms with Crippen LogP contribution in [0.25, 0.3) is 0 Å². The average molecular weight is 389 g/mol. The quantitative estimate of drug-likeness (QED) is 0.349. The smallest absolute Gasteiger partial charge is 0.339 e. The summed E-state index contributed by atoms with van der Waals surface area (Å²) in [6, 6.07) is 25.6. The number of hydrogen-bond acceptors (Lipinski definition) is 5. The van der Waals surface area contributed by atoms with Crippen molar-refractivity contribution in [2.75, 3.05) is 12.4 Å². The molecule has 148 valence electrons. The van der Waals surface area contributed by atoms with Gasteiger partial charge in [0.2, 0.25) is 0 Å². The van der Waals surface area contributed by atoms with Gasteiger partial charge in [0.1, 0.15) is 12.4 Å². The summed E-state index contributed by atoms with van der Waals surface area (Å²) in [7, 11) is 1.26. The van der Waals surface area contributed by atoms with Gasteiger partial charge >= 0.3 is 5.97 Å². The van der Waals surface area contributed by atoms with Crippen molar-refractivity contribution in [2.45, 2.75) is 19.1 Å². The van der Waals surface area contributed by atoms with E-state index in [-0.39, 0.29) is 0 Å². The van der Waals surface area contributed by atoms with Crippen LogP contribution in [0.3, 0.4) is 0 Å². The maximum Gasteiger partial charge on any atom is 0.339 e. The zero-order valence-electron chi connectivity index (χ0n) is 16.4. The van der Waals surface area contributed by atoms with Gasteiger partial charge in [-0.15, -0.1) is 0 Å². The molecule has 5 heteroatoms. The molecule has 0 aromatic heterocycles. The van der Waals surface area contributed by atoms with E-state index in [0.29, 0.717) is 23.6 Å². The Labute approximate surface area is 170 Å². The number of carbonyl (C=O) groups is 2. The minimum atomic E-state index is -1.58. The fraction of sp³-hybridized carbons (Fsp3) is 0.167. The predicted molar refractivity (Wildman–Crippen MR) is 112 cm³/mol. The first kappa shape index (κ1) is 20.1. The maximum atomic E-state index is 13.3. The topological polar surface area (TPSA) is 64.6 Å². The van der Waals surface area contributed by atoms with Crippen molar-refractivity contribution in [3.05, 3.63) is 96.1 Å². The number of hydrogen-bond donors (Lipinski definition) is 1. The molecule has 0 saturated heterocycles. The van der Waals surface area contributed by atoms with Gasteiger partial charge in [0, 0.05) is 11.3 Å². The minimum Gasteiger partial charge on any atom is -0.489 e. The monoisotopic (exact) mass is 389 g/mol. The Morgan fingerprint density at radius 1 is 0.897 bits per heavy atom. The summed E-state index contributed by atoms with van der Waals surface area (Å²) < 4.78 is 10.7. The standard InChI is InChI=1S/C24H23NO4/c1-24(23(27)28-2,25-20-13-7-4-8-14-20)22(26)19-12-9-15-21(16-19)29-17-18-10-5-3-6-11-18/h3-16,25H,17H2,1-2H3. The van der Waals surface area contributed by atoms with Crippen LogP contribution >= 0.6 is 0 Å². The number of methoxy groups -OCH3 is 1. The molecule has 0 bridgehead atoms. The second-order valence-electron chi connectivity index (χ2n) is 6.74. The largest absolute Gasteiger partial charge is 0.489 e. The molecule has 3 aromatic carbocycles. The summed E-state index contributed by atoms with van der Waals surface area (Å²) in [5, 5.41) is 3.02. The van der Waals surface area contributed by atoms with E-state index in [1.807, 2.05) is 48.5 Å². The van der Waals surface area contributed by atoms with Crippen LogP contribution < -0.4 is 10.1 Å². The molecule has 0 heterocycles. The molecule has 29 heavy (non-hydrogen) atoms. The van der Waals surface area contributed by atoms with Crippen LogP contribution in [-0.4, -0.2) is 24.4 Å². The van der Waals surface area contributed by atoms with Gasteiger partial charge in [0.15, 0.2) is 11.3 Å². The summed E-state index contributed by atoms with van der Waals surface area (Å²) in [6.07, 6.45) is 0. The van der Waals surface area contributed by atoms with Crippen LogP contribution in [0.2, 0.25) is 0 Å². The summed E-state index contributed by atoms with van der Waals surface area (Å²) in [6.45, 7) is 1.90. The molecule has 5 nitrogen and oxygen atoms in total. The lowest BCUT2D eigenvalue weighted by molar-refractivity contribution is -0.143. The van der Waals surface area contributed by atoms with Gasteiger partial charge in [0.25, 0.3) is 0 Å². The molecule has 0 fully saturated rings. The van der Waals surface area contributed by atoms with E-state index >= 15 is 0 Å². The van der Waals surface area contributed by atoms with E-state index in [0.717, 1.165) is 5.56 Å². The molecule has 0 saturated carbocycles. The molecular weight excluding hydrogens is 366 g/mol. The highest BCUT2D eigenvalue weighted by molar-refractivity contribution is 6.18. The van der Waals surface area contributed by atoms with Crippen molar-refractivity contribution in [3.8, 4) is 5.75 Å². The van der Waals surface area contributed by atoms with Gasteiger partial charge in [-0.1, -0.05) is 60.7 Å². The average Bonchev–Trinajstić information content (AvgIpc) is 2.78. The van der Waals surface area contributed by atoms with E-state index in [9.17, 15) is 9.59 Å². The highest BCUT2D eigenvalue weighted by atomic mass is 16.5. The molecule has 0 aliphatic heterocycles. The lowest BCUT2D eigenvalue weighted by atomic mass is 9.90. The van der Waals surface area contributed by atoms with Crippen LogP contribution in [-0.2, 0) is 16.1 Å². The fourth-order valence-electron chi connectivity index (χ4n) is 2.97. The third-order valence-corrected chi connectivity index (χ3v) is 4.56. The number of nitrogens with one attached hydrogen (secondary N) is 1. The number of carbonyl (C=O) groups excluding carboxylic acids is 2. The Bertz CT molecular complexity index is 972. The maximum absolute atomic E-state index is 13.3. The Kier molecular flexibility index (Phi) is 6.29. The number of ketones is 1. The summed E-state index contributed by atoms with van der Waals surface area (Å²) in [5.41, 5.74) is 0.445. The van der Waals surface area contributed by atoms with Crippen molar-refractivity contribution in [1.82, 2.24) is 0 Å². The van der Waals surface area contributed by atoms with Crippen molar-refractivity contribution >= 4 is 17.4 Å². The van der Waals surface area contributed by atoms with Crippen LogP contribution in [0.1, 0.15) is 22.8 Å². The summed E-state index contributed by atoms with van der Waals surface area (Å²) >= 11 is 0. The van der Waals surface area contributed by atoms with Crippen LogP contribution in [0.4, 0.5) is 5.69 Å². The normalized spacial score (nSPS) is 12.5. The molecule has 0 radical (unpaired) electrons. The summed E-state index contributed by atoms with van der Waals surface area (Å²) in [4.78, 5) is 25.8. The molecule has 3 aromatic rings. The molecule has 1 atom stereocenters. The van der Waals surface area contributed by atoms with Crippen molar-refractivity contribution < 1.29 is 19.1 Å². The van der Waals surface area contributed by atoms with E-state index in [1.54, 1.807) is 36.4 Å². The van der Waals surface area contributed by atoms with Crippen molar-refractivity contribution in [2.24, 2.45) is 0 Å². The molecule has 0 aliphatic carbocycles. The number of anilines is 1. The van der Waals surface area contributed by atoms with Gasteiger partial charge < -0.3 is 14.8 Å². The van der Waals surface area contributed by atoms with Crippen LogP contribution in [0.15, 0.2) is 84.9 Å². The van der Waals surface area contributed by atoms with E-state index in [1.165, 1.54) is 14.0 Å². The first-order valence-electron chi connectivity index (χ1n) is 9.26. The number of benzene rings is 3. The third kappa shape index (κ3) is 4.82. The zero-order chi connectivity index (χ0) is 20.7. The fourth-order valence-corrected chi connectivity index (χ4v) is 2.97. The SMILES string of the molecule is COC(=O)C(C)(Nc1ccccc1)C(=O)c1cccc(OCc2ccccc2)c1. The number of para-hydroxylation sites is 1. The van der Waals surface area contributed by atoms with Gasteiger partial charge in [0.05, 0.1) is 7.11 Å². The second kappa shape index (κ2) is 9.06. The summed E-state index contributed by atoms with van der Waals surface area (Å²) in [5.74, 6) is -0.521. The highest BCUT2D eigenvalue weighted by Gasteiger charge is 2.43. The Morgan fingerprint density at radius 2 is 1.55 bits per heavy atom. The number of Topliss-reactive ketones (excluding diaryl/α,β-unsaturated/α-hetero) is 1. The molecule has 0 spiro atoms. The number of ether oxygens (including phenoxy) is 2. The lowest BCUT2D eigenvalue weighted by Crippen LogP contribution is -2.51. The molecule has 0 amide bonds. The first-order chi connectivity index (χ1) is 14.0. The zero-order valence-corrected chi connectivity index (χ0v) is 16.4. The van der Waals surface area contributed by atoms with Gasteiger partial charge in [-0.05, 0) is 36.8 Å². The Balaban J connectivity index is 1.83. The number of esters is 1. The third-order valence-electron chi connectivity index (χ3n) is 4.56.